The van der Waals surface area contributed by atoms with Gasteiger partial charge >= 0.3 is 0 Å². The number of hydrogen-bond acceptors (Lipinski definition) is 6. The minimum absolute atomic E-state index is 0. The maximum absolute atomic E-state index is 9.96. The molecule has 1 aromatic carbocycles. The summed E-state index contributed by atoms with van der Waals surface area (Å²) in [6, 6.07) is 6.99. The molecule has 0 aliphatic carbocycles. The van der Waals surface area contributed by atoms with Crippen LogP contribution in [0.25, 0.3) is 0 Å². The van der Waals surface area contributed by atoms with Crippen molar-refractivity contribution in [3.63, 3.8) is 0 Å². The summed E-state index contributed by atoms with van der Waals surface area (Å²) in [6.07, 6.45) is 58.3. The first-order chi connectivity index (χ1) is 31.6. The quantitative estimate of drug-likeness (QED) is 0.0102. The zero-order valence-corrected chi connectivity index (χ0v) is 48.7. The summed E-state index contributed by atoms with van der Waals surface area (Å²) in [5.41, 5.74) is 0. The number of aliphatic hydroxyl groups is 2. The van der Waals surface area contributed by atoms with Crippen LogP contribution >= 0.6 is 11.9 Å². The number of unbranched alkanes of at least 4 members (excludes halogenated alkanes) is 22. The fourth-order valence-electron chi connectivity index (χ4n) is 5.47. The molecule has 65 heavy (non-hydrogen) atoms. The van der Waals surface area contributed by atoms with Crippen molar-refractivity contribution >= 4 is 18.4 Å². The van der Waals surface area contributed by atoms with E-state index >= 15 is 0 Å². The van der Waals surface area contributed by atoms with Crippen molar-refractivity contribution in [1.29, 1.82) is 0 Å². The Bertz CT molecular complexity index is 930. The Kier molecular flexibility index (Phi) is 114. The Labute approximate surface area is 425 Å². The van der Waals surface area contributed by atoms with Crippen LogP contribution in [-0.4, -0.2) is 56.8 Å². The van der Waals surface area contributed by atoms with Crippen LogP contribution < -0.4 is 14.8 Å². The number of carbonyl (C=O) groups is 1. The van der Waals surface area contributed by atoms with Gasteiger partial charge in [0.25, 0.3) is 0 Å². The van der Waals surface area contributed by atoms with E-state index in [9.17, 15) is 4.79 Å². The van der Waals surface area contributed by atoms with Gasteiger partial charge in [-0.3, -0.25) is 9.52 Å². The third-order valence-electron chi connectivity index (χ3n) is 8.50. The minimum atomic E-state index is -0.334. The van der Waals surface area contributed by atoms with E-state index in [0.29, 0.717) is 12.2 Å². The number of ether oxygens (including phenoxy) is 1. The molecule has 388 valence electrons. The van der Waals surface area contributed by atoms with E-state index in [1.165, 1.54) is 180 Å². The van der Waals surface area contributed by atoms with Crippen molar-refractivity contribution in [3.8, 4) is 5.75 Å². The topological polar surface area (TPSA) is 114 Å². The molecule has 0 saturated carbocycles. The second-order valence-corrected chi connectivity index (χ2v) is 15.2. The van der Waals surface area contributed by atoms with Gasteiger partial charge in [0, 0.05) is 33.1 Å². The van der Waals surface area contributed by atoms with Gasteiger partial charge in [0.05, 0.1) is 0 Å². The van der Waals surface area contributed by atoms with E-state index in [-0.39, 0.29) is 27.9 Å². The molecule has 0 atom stereocenters. The van der Waals surface area contributed by atoms with Crippen LogP contribution in [-0.2, 0) is 25.9 Å². The Morgan fingerprint density at radius 2 is 0.877 bits per heavy atom. The molecule has 0 heterocycles. The molecule has 7 nitrogen and oxygen atoms in total. The Balaban J connectivity index is -0.000000158. The molecule has 0 aliphatic heterocycles. The second-order valence-electron chi connectivity index (χ2n) is 14.3. The molecule has 0 aromatic heterocycles. The van der Waals surface area contributed by atoms with Gasteiger partial charge in [0.15, 0.2) is 6.79 Å². The first kappa shape index (κ1) is 80.4. The first-order valence-electron chi connectivity index (χ1n) is 25.8. The maximum Gasteiger partial charge on any atom is 0.217 e. The van der Waals surface area contributed by atoms with Crippen molar-refractivity contribution in [1.82, 2.24) is 10.0 Å². The van der Waals surface area contributed by atoms with E-state index in [2.05, 4.69) is 92.8 Å². The number of amides is 1. The van der Waals surface area contributed by atoms with E-state index in [0.717, 1.165) is 24.8 Å². The summed E-state index contributed by atoms with van der Waals surface area (Å²) in [5, 5.41) is 23.9. The molecule has 1 amide bonds. The normalized spacial score (nSPS) is 9.83. The summed E-state index contributed by atoms with van der Waals surface area (Å²) in [7, 11) is 6.00. The number of carbonyl (C=O) groups excluding carboxylic acids is 1. The minimum Gasteiger partial charge on any atom is -0.468 e. The van der Waals surface area contributed by atoms with Crippen molar-refractivity contribution < 1.29 is 45.9 Å². The number of allylic oxidation sites excluding steroid dienone is 8. The number of nitrogens with one attached hydrogen (secondary N) is 2. The van der Waals surface area contributed by atoms with Crippen molar-refractivity contribution in [3.05, 3.63) is 79.3 Å². The van der Waals surface area contributed by atoms with Crippen LogP contribution in [0.5, 0.6) is 5.75 Å². The molecule has 0 unspecified atom stereocenters. The summed E-state index contributed by atoms with van der Waals surface area (Å²) in [6.45, 7) is 16.5. The predicted octanol–water partition coefficient (Wildman–Crippen LogP) is 16.6. The third-order valence-corrected chi connectivity index (χ3v) is 9.22. The van der Waals surface area contributed by atoms with Gasteiger partial charge in [-0.2, -0.15) is 12.8 Å². The van der Waals surface area contributed by atoms with Crippen LogP contribution in [0.1, 0.15) is 229 Å². The van der Waals surface area contributed by atoms with Crippen molar-refractivity contribution in [2.24, 2.45) is 0 Å². The van der Waals surface area contributed by atoms with Crippen LogP contribution in [0.3, 0.4) is 0 Å². The smallest absolute Gasteiger partial charge is 0.217 e. The monoisotopic (exact) mass is 1110 g/mol. The molecule has 0 radical (unpaired) electrons. The summed E-state index contributed by atoms with van der Waals surface area (Å²) >= 11 is 1.21. The zero-order valence-electron chi connectivity index (χ0n) is 44.9. The Hall–Kier alpha value is -1.67. The van der Waals surface area contributed by atoms with E-state index in [4.69, 9.17) is 20.1 Å². The van der Waals surface area contributed by atoms with Gasteiger partial charge in [-0.05, 0) is 115 Å². The zero-order chi connectivity index (χ0) is 49.7. The van der Waals surface area contributed by atoms with Gasteiger partial charge in [0.2, 0.25) is 6.41 Å². The van der Waals surface area contributed by atoms with Crippen LogP contribution in [0, 0.1) is 6.42 Å². The van der Waals surface area contributed by atoms with E-state index in [1.54, 1.807) is 24.3 Å². The maximum atomic E-state index is 9.96. The first-order valence-corrected chi connectivity index (χ1v) is 26.6. The molecule has 0 bridgehead atoms. The molecule has 0 fully saturated rings. The summed E-state index contributed by atoms with van der Waals surface area (Å²) in [5.74, 6) is 0.595. The average molecular weight is 1110 g/mol. The van der Waals surface area contributed by atoms with Crippen molar-refractivity contribution in [2.75, 3.05) is 35.1 Å². The number of benzene rings is 1. The van der Waals surface area contributed by atoms with E-state index < -0.39 is 0 Å². The molecule has 0 spiro atoms. The molecule has 9 heteroatoms. The summed E-state index contributed by atoms with van der Waals surface area (Å²) in [4.78, 5) is 10.9. The van der Waals surface area contributed by atoms with Crippen LogP contribution in [0.15, 0.2) is 77.8 Å². The largest absolute Gasteiger partial charge is 0.468 e. The second kappa shape index (κ2) is 92.6. The number of aliphatic hydroxyl groups excluding tert-OH is 2. The predicted molar refractivity (Wildman–Crippen MR) is 293 cm³/mol. The summed E-state index contributed by atoms with van der Waals surface area (Å²) < 4.78 is 7.28. The molecular formula is C56H112N2O5SW. The third kappa shape index (κ3) is 93.2. The number of rotatable bonds is 35. The standard InChI is InChI=1S/C37H67.C8H9NO3S.C3H8.C2H7N.2C2H6.2CH4O.W/c1-3-5-7-9-11-13-15-17-19-21-23-25-27-29-31-33-35-37-36-34-32-30-28-26-24-22-20-18-16-14-12-10-8-6-4-2;10-5-9-13-8-3-1-7(2-4-8)12-6-11;2*1-3-2;4*1-2;/h11-14,17-20,37H,3-10,15-16,21-36H2,1-2H3;1-5,11H,6H2,(H,9,10);3H2,1-2H3;3H,1-2H3;2*1-2H3;2*2H,1H3;/q-1;;;;;;;;/p+1/b13-11-,14-12-,19-17-,20-18-;;;;;;;;. The number of hydrogen-bond donors (Lipinski definition) is 4. The van der Waals surface area contributed by atoms with Crippen LogP contribution in [0.4, 0.5) is 0 Å². The average Bonchev–Trinajstić information content (AvgIpc) is 3.33. The molecular weight excluding hydrogens is 997 g/mol. The van der Waals surface area contributed by atoms with Gasteiger partial charge in [0.1, 0.15) is 12.9 Å². The fraction of sp³-hybridized carbons (Fsp3) is 0.714. The molecule has 1 rings (SSSR count). The SMILES string of the molecule is CC.CC.CCC.CCCCC/C=C\C/C=C\CCCCCCCC[CH-]CCCCCCCC/C=C\C/C=C\CCCCC.CNC.CO.C[OH2+].O=CNSc1ccc(OCO)cc1.[W]. The Morgan fingerprint density at radius 3 is 1.18 bits per heavy atom. The molecule has 6 N–H and O–H groups in total. The fourth-order valence-corrected chi connectivity index (χ4v) is 5.93. The van der Waals surface area contributed by atoms with Gasteiger partial charge in [-0.1, -0.05) is 200 Å². The van der Waals surface area contributed by atoms with Gasteiger partial charge < -0.3 is 31.8 Å². The molecule has 0 saturated heterocycles. The van der Waals surface area contributed by atoms with Crippen LogP contribution in [0.2, 0.25) is 0 Å². The van der Waals surface area contributed by atoms with E-state index in [1.807, 2.05) is 41.8 Å². The Morgan fingerprint density at radius 1 is 0.569 bits per heavy atom. The van der Waals surface area contributed by atoms with Gasteiger partial charge in [-0.15, -0.1) is 0 Å². The van der Waals surface area contributed by atoms with Gasteiger partial charge in [-0.25, -0.2) is 0 Å². The van der Waals surface area contributed by atoms with Crippen molar-refractivity contribution in [2.45, 2.75) is 234 Å². The molecule has 1 aromatic rings. The molecule has 0 aliphatic rings.